The van der Waals surface area contributed by atoms with E-state index in [2.05, 4.69) is 32.6 Å². The Morgan fingerprint density at radius 1 is 1.25 bits per heavy atom. The zero-order valence-electron chi connectivity index (χ0n) is 9.41. The molecule has 1 aromatic heterocycles. The smallest absolute Gasteiger partial charge is 0.140 e. The number of aromatic nitrogens is 2. The molecule has 2 saturated carbocycles. The lowest BCUT2D eigenvalue weighted by atomic mass is 9.88. The number of rotatable bonds is 1. The van der Waals surface area contributed by atoms with Crippen molar-refractivity contribution in [2.45, 2.75) is 38.5 Å². The van der Waals surface area contributed by atoms with Crippen molar-refractivity contribution in [1.29, 1.82) is 0 Å². The topological polar surface area (TPSA) is 51.8 Å². The van der Waals surface area contributed by atoms with E-state index in [1.54, 1.807) is 0 Å². The van der Waals surface area contributed by atoms with Crippen molar-refractivity contribution >= 4 is 28.4 Å². The van der Waals surface area contributed by atoms with Crippen LogP contribution < -0.4 is 5.73 Å². The number of halogens is 1. The van der Waals surface area contributed by atoms with Gasteiger partial charge in [0.25, 0.3) is 0 Å². The third kappa shape index (κ3) is 1.61. The predicted molar refractivity (Wildman–Crippen MR) is 72.1 cm³/mol. The third-order valence-corrected chi connectivity index (χ3v) is 5.46. The van der Waals surface area contributed by atoms with Crippen molar-refractivity contribution < 1.29 is 0 Å². The number of anilines is 1. The number of fused-ring (bicyclic) bond motifs is 2. The van der Waals surface area contributed by atoms with Crippen molar-refractivity contribution in [2.24, 2.45) is 11.8 Å². The maximum absolute atomic E-state index is 5.93. The molecule has 16 heavy (non-hydrogen) atoms. The van der Waals surface area contributed by atoms with Crippen LogP contribution in [0.1, 0.15) is 43.1 Å². The lowest BCUT2D eigenvalue weighted by Gasteiger charge is -2.21. The summed E-state index contributed by atoms with van der Waals surface area (Å²) in [6.07, 6.45) is 5.45. The summed E-state index contributed by atoms with van der Waals surface area (Å²) in [4.78, 5) is 9.13. The zero-order valence-corrected chi connectivity index (χ0v) is 11.6. The maximum Gasteiger partial charge on any atom is 0.140 e. The maximum atomic E-state index is 5.93. The average molecular weight is 329 g/mol. The highest BCUT2D eigenvalue weighted by Crippen LogP contribution is 2.52. The van der Waals surface area contributed by atoms with Crippen molar-refractivity contribution in [3.63, 3.8) is 0 Å². The monoisotopic (exact) mass is 329 g/mol. The van der Waals surface area contributed by atoms with Crippen LogP contribution in [0.5, 0.6) is 0 Å². The fraction of sp³-hybridized carbons (Fsp3) is 0.667. The van der Waals surface area contributed by atoms with Gasteiger partial charge in [0.2, 0.25) is 0 Å². The highest BCUT2D eigenvalue weighted by molar-refractivity contribution is 14.1. The number of nitrogen functional groups attached to an aromatic ring is 1. The Bertz CT molecular complexity index is 409. The summed E-state index contributed by atoms with van der Waals surface area (Å²) in [5, 5.41) is 0. The van der Waals surface area contributed by atoms with E-state index in [4.69, 9.17) is 5.73 Å². The average Bonchev–Trinajstić information content (AvgIpc) is 2.86. The lowest BCUT2D eigenvalue weighted by Crippen LogP contribution is -2.14. The number of hydrogen-bond donors (Lipinski definition) is 1. The van der Waals surface area contributed by atoms with E-state index in [9.17, 15) is 0 Å². The van der Waals surface area contributed by atoms with Gasteiger partial charge < -0.3 is 5.73 Å². The molecule has 1 heterocycles. The molecule has 0 aromatic carbocycles. The first-order chi connectivity index (χ1) is 7.65. The van der Waals surface area contributed by atoms with E-state index in [0.29, 0.717) is 11.7 Å². The summed E-state index contributed by atoms with van der Waals surface area (Å²) in [7, 11) is 0. The highest BCUT2D eigenvalue weighted by Gasteiger charge is 2.41. The van der Waals surface area contributed by atoms with Crippen LogP contribution in [0.25, 0.3) is 0 Å². The van der Waals surface area contributed by atoms with Crippen molar-refractivity contribution in [1.82, 2.24) is 9.97 Å². The summed E-state index contributed by atoms with van der Waals surface area (Å²) in [5.74, 6) is 3.99. The molecular weight excluding hydrogens is 313 g/mol. The third-order valence-electron chi connectivity index (χ3n) is 4.13. The summed E-state index contributed by atoms with van der Waals surface area (Å²) in [6, 6.07) is 0. The van der Waals surface area contributed by atoms with Crippen LogP contribution in [0.2, 0.25) is 0 Å². The zero-order chi connectivity index (χ0) is 11.3. The molecule has 2 fully saturated rings. The van der Waals surface area contributed by atoms with Gasteiger partial charge in [-0.3, -0.25) is 0 Å². The Labute approximate surface area is 109 Å². The quantitative estimate of drug-likeness (QED) is 0.806. The van der Waals surface area contributed by atoms with Crippen LogP contribution in [0, 0.1) is 22.3 Å². The first kappa shape index (κ1) is 10.7. The molecule has 3 atom stereocenters. The van der Waals surface area contributed by atoms with Gasteiger partial charge in [-0.15, -0.1) is 0 Å². The Balaban J connectivity index is 1.95. The van der Waals surface area contributed by atoms with Crippen molar-refractivity contribution in [3.8, 4) is 0 Å². The van der Waals surface area contributed by atoms with Gasteiger partial charge in [0, 0.05) is 5.92 Å². The first-order valence-corrected chi connectivity index (χ1v) is 7.02. The minimum atomic E-state index is 0.580. The van der Waals surface area contributed by atoms with Gasteiger partial charge >= 0.3 is 0 Å². The van der Waals surface area contributed by atoms with E-state index in [0.717, 1.165) is 26.9 Å². The molecule has 2 bridgehead atoms. The molecule has 4 heteroatoms. The fourth-order valence-corrected chi connectivity index (χ4v) is 3.57. The van der Waals surface area contributed by atoms with Crippen LogP contribution in [-0.2, 0) is 0 Å². The van der Waals surface area contributed by atoms with Crippen LogP contribution >= 0.6 is 22.6 Å². The highest BCUT2D eigenvalue weighted by atomic mass is 127. The molecule has 3 nitrogen and oxygen atoms in total. The van der Waals surface area contributed by atoms with Crippen LogP contribution in [0.3, 0.4) is 0 Å². The molecule has 0 spiro atoms. The molecule has 1 aromatic rings. The molecule has 2 aliphatic rings. The number of nitrogens with two attached hydrogens (primary N) is 1. The van der Waals surface area contributed by atoms with Crippen LogP contribution in [0.4, 0.5) is 5.82 Å². The molecule has 0 amide bonds. The molecule has 3 unspecified atom stereocenters. The number of hydrogen-bond acceptors (Lipinski definition) is 3. The van der Waals surface area contributed by atoms with Gasteiger partial charge in [-0.25, -0.2) is 9.97 Å². The second-order valence-electron chi connectivity index (χ2n) is 5.15. The molecule has 0 radical (unpaired) electrons. The second kappa shape index (κ2) is 3.82. The van der Waals surface area contributed by atoms with Crippen LogP contribution in [0.15, 0.2) is 0 Å². The van der Waals surface area contributed by atoms with E-state index in [1.807, 2.05) is 6.92 Å². The van der Waals surface area contributed by atoms with Gasteiger partial charge in [-0.1, -0.05) is 6.42 Å². The largest absolute Gasteiger partial charge is 0.383 e. The van der Waals surface area contributed by atoms with E-state index in [-0.39, 0.29) is 0 Å². The van der Waals surface area contributed by atoms with Gasteiger partial charge in [0.1, 0.15) is 11.6 Å². The molecule has 2 N–H and O–H groups in total. The summed E-state index contributed by atoms with van der Waals surface area (Å²) in [5.41, 5.74) is 6.96. The molecule has 0 aliphatic heterocycles. The van der Waals surface area contributed by atoms with Gasteiger partial charge in [-0.05, 0) is 60.6 Å². The minimum Gasteiger partial charge on any atom is -0.383 e. The molecule has 3 rings (SSSR count). The van der Waals surface area contributed by atoms with Gasteiger partial charge in [-0.2, -0.15) is 0 Å². The number of aryl methyl sites for hydroxylation is 1. The Morgan fingerprint density at radius 2 is 2.06 bits per heavy atom. The normalized spacial score (nSPS) is 32.2. The standard InChI is InChI=1S/C12H16IN3/c1-6-10(13)11(14)16-12(15-6)9-5-7-2-3-8(9)4-7/h7-9H,2-5H2,1H3,(H2,14,15,16). The summed E-state index contributed by atoms with van der Waals surface area (Å²) in [6.45, 7) is 2.02. The van der Waals surface area contributed by atoms with E-state index < -0.39 is 0 Å². The van der Waals surface area contributed by atoms with Crippen molar-refractivity contribution in [3.05, 3.63) is 15.1 Å². The van der Waals surface area contributed by atoms with Gasteiger partial charge in [0.05, 0.1) is 9.26 Å². The lowest BCUT2D eigenvalue weighted by molar-refractivity contribution is 0.405. The molecule has 2 aliphatic carbocycles. The van der Waals surface area contributed by atoms with E-state index >= 15 is 0 Å². The molecule has 0 saturated heterocycles. The Kier molecular flexibility index (Phi) is 2.57. The van der Waals surface area contributed by atoms with Crippen LogP contribution in [-0.4, -0.2) is 9.97 Å². The molecular formula is C12H16IN3. The fourth-order valence-electron chi connectivity index (χ4n) is 3.33. The molecule has 86 valence electrons. The van der Waals surface area contributed by atoms with Gasteiger partial charge in [0.15, 0.2) is 0 Å². The Morgan fingerprint density at radius 3 is 2.62 bits per heavy atom. The summed E-state index contributed by atoms with van der Waals surface area (Å²) < 4.78 is 1.00. The van der Waals surface area contributed by atoms with Crippen molar-refractivity contribution in [2.75, 3.05) is 5.73 Å². The Hall–Kier alpha value is -0.390. The summed E-state index contributed by atoms with van der Waals surface area (Å²) >= 11 is 2.22. The number of nitrogens with zero attached hydrogens (tertiary/aromatic N) is 2. The minimum absolute atomic E-state index is 0.580. The second-order valence-corrected chi connectivity index (χ2v) is 6.23. The van der Waals surface area contributed by atoms with E-state index in [1.165, 1.54) is 25.7 Å². The first-order valence-electron chi connectivity index (χ1n) is 5.94. The SMILES string of the molecule is Cc1nc(C2CC3CCC2C3)nc(N)c1I. The predicted octanol–water partition coefficient (Wildman–Crippen LogP) is 2.88.